The third-order valence-electron chi connectivity index (χ3n) is 4.76. The molecule has 1 aromatic carbocycles. The van der Waals surface area contributed by atoms with Crippen molar-refractivity contribution in [3.63, 3.8) is 0 Å². The van der Waals surface area contributed by atoms with Gasteiger partial charge in [0.1, 0.15) is 5.75 Å². The smallest absolute Gasteiger partial charge is 0.406 e. The van der Waals surface area contributed by atoms with Gasteiger partial charge in [-0.25, -0.2) is 0 Å². The molecule has 27 heavy (non-hydrogen) atoms. The van der Waals surface area contributed by atoms with Crippen LogP contribution in [-0.4, -0.2) is 21.5 Å². The summed E-state index contributed by atoms with van der Waals surface area (Å²) in [5, 5.41) is 4.09. The topological polar surface area (TPSA) is 61.0 Å². The zero-order valence-electron chi connectivity index (χ0n) is 14.5. The lowest BCUT2D eigenvalue weighted by Crippen LogP contribution is -2.18. The lowest BCUT2D eigenvalue weighted by molar-refractivity contribution is -0.274. The second-order valence-corrected chi connectivity index (χ2v) is 6.65. The van der Waals surface area contributed by atoms with Gasteiger partial charge in [-0.05, 0) is 54.7 Å². The van der Waals surface area contributed by atoms with Gasteiger partial charge in [0.15, 0.2) is 5.82 Å². The van der Waals surface area contributed by atoms with Gasteiger partial charge in [-0.15, -0.1) is 13.2 Å². The number of rotatable bonds is 5. The zero-order chi connectivity index (χ0) is 19.1. The van der Waals surface area contributed by atoms with Gasteiger partial charge in [-0.1, -0.05) is 17.3 Å². The second-order valence-electron chi connectivity index (χ2n) is 6.65. The molecular weight excluding hydrogens is 359 g/mol. The van der Waals surface area contributed by atoms with Gasteiger partial charge < -0.3 is 9.26 Å². The number of hydrogen-bond acceptors (Lipinski definition) is 5. The number of pyridine rings is 1. The molecule has 1 saturated carbocycles. The number of nitrogens with zero attached hydrogens (tertiary/aromatic N) is 3. The minimum atomic E-state index is -4.73. The highest BCUT2D eigenvalue weighted by Gasteiger charge is 2.50. The van der Waals surface area contributed by atoms with Crippen LogP contribution in [0.1, 0.15) is 41.2 Å². The Morgan fingerprint density at radius 1 is 1.22 bits per heavy atom. The molecule has 0 atom stereocenters. The van der Waals surface area contributed by atoms with Gasteiger partial charge in [0.05, 0.1) is 11.8 Å². The Bertz CT molecular complexity index is 965. The van der Waals surface area contributed by atoms with Crippen molar-refractivity contribution in [2.75, 3.05) is 0 Å². The highest BCUT2D eigenvalue weighted by atomic mass is 19.4. The number of aromatic nitrogens is 3. The van der Waals surface area contributed by atoms with Crippen molar-refractivity contribution in [1.82, 2.24) is 15.1 Å². The van der Waals surface area contributed by atoms with Crippen LogP contribution < -0.4 is 4.74 Å². The van der Waals surface area contributed by atoms with E-state index in [4.69, 9.17) is 4.52 Å². The number of ether oxygens (including phenoxy) is 1. The largest absolute Gasteiger partial charge is 0.573 e. The molecule has 0 amide bonds. The minimum Gasteiger partial charge on any atom is -0.406 e. The molecule has 0 radical (unpaired) electrons. The first-order valence-electron chi connectivity index (χ1n) is 8.45. The average Bonchev–Trinajstić information content (AvgIpc) is 3.29. The maximum atomic E-state index is 12.5. The first-order chi connectivity index (χ1) is 12.9. The van der Waals surface area contributed by atoms with Crippen LogP contribution in [0, 0.1) is 6.92 Å². The van der Waals surface area contributed by atoms with E-state index >= 15 is 0 Å². The Hall–Kier alpha value is -2.90. The van der Waals surface area contributed by atoms with Crippen LogP contribution in [-0.2, 0) is 11.8 Å². The highest BCUT2D eigenvalue weighted by molar-refractivity contribution is 5.43. The maximum Gasteiger partial charge on any atom is 0.573 e. The Morgan fingerprint density at radius 3 is 2.74 bits per heavy atom. The van der Waals surface area contributed by atoms with E-state index in [1.54, 1.807) is 18.5 Å². The van der Waals surface area contributed by atoms with E-state index < -0.39 is 11.8 Å². The van der Waals surface area contributed by atoms with Crippen LogP contribution in [0.25, 0.3) is 0 Å². The fourth-order valence-electron chi connectivity index (χ4n) is 3.12. The molecule has 1 fully saturated rings. The molecule has 0 spiro atoms. The molecule has 4 rings (SSSR count). The summed E-state index contributed by atoms with van der Waals surface area (Å²) in [6, 6.07) is 7.87. The fourth-order valence-corrected chi connectivity index (χ4v) is 3.12. The molecule has 2 heterocycles. The number of benzene rings is 1. The summed E-state index contributed by atoms with van der Waals surface area (Å²) in [6.45, 7) is 1.98. The van der Waals surface area contributed by atoms with Crippen molar-refractivity contribution in [2.45, 2.75) is 38.0 Å². The molecule has 0 saturated heterocycles. The monoisotopic (exact) mass is 375 g/mol. The standard InChI is InChI=1S/C19H16F3N3O2/c1-12-5-8-23-11-13(12)9-16-24-17(25-27-16)18(6-7-18)14-3-2-4-15(10-14)26-19(20,21)22/h2-5,8,10-11H,6-7,9H2,1H3. The molecule has 8 heteroatoms. The SMILES string of the molecule is Cc1ccncc1Cc1nc(C2(c3cccc(OC(F)(F)F)c3)CC2)no1. The van der Waals surface area contributed by atoms with Crippen molar-refractivity contribution in [3.8, 4) is 5.75 Å². The van der Waals surface area contributed by atoms with Gasteiger partial charge in [0.2, 0.25) is 5.89 Å². The molecular formula is C19H16F3N3O2. The molecule has 0 aliphatic heterocycles. The quantitative estimate of drug-likeness (QED) is 0.664. The highest BCUT2D eigenvalue weighted by Crippen LogP contribution is 2.53. The predicted octanol–water partition coefficient (Wildman–Crippen LogP) is 4.34. The number of hydrogen-bond donors (Lipinski definition) is 0. The molecule has 1 aliphatic carbocycles. The van der Waals surface area contributed by atoms with Crippen molar-refractivity contribution in [3.05, 3.63) is 71.1 Å². The van der Waals surface area contributed by atoms with Gasteiger partial charge in [-0.3, -0.25) is 4.98 Å². The van der Waals surface area contributed by atoms with Crippen molar-refractivity contribution < 1.29 is 22.4 Å². The second kappa shape index (κ2) is 6.37. The summed E-state index contributed by atoms with van der Waals surface area (Å²) in [7, 11) is 0. The zero-order valence-corrected chi connectivity index (χ0v) is 14.5. The van der Waals surface area contributed by atoms with Crippen LogP contribution in [0.5, 0.6) is 5.75 Å². The van der Waals surface area contributed by atoms with Gasteiger partial charge in [0, 0.05) is 12.4 Å². The summed E-state index contributed by atoms with van der Waals surface area (Å²) >= 11 is 0. The Balaban J connectivity index is 1.58. The van der Waals surface area contributed by atoms with E-state index in [9.17, 15) is 13.2 Å². The molecule has 0 unspecified atom stereocenters. The Morgan fingerprint density at radius 2 is 2.04 bits per heavy atom. The van der Waals surface area contributed by atoms with Crippen LogP contribution in [0.2, 0.25) is 0 Å². The van der Waals surface area contributed by atoms with Gasteiger partial charge >= 0.3 is 6.36 Å². The third-order valence-corrected chi connectivity index (χ3v) is 4.76. The Kier molecular flexibility index (Phi) is 4.13. The first-order valence-corrected chi connectivity index (χ1v) is 8.45. The van der Waals surface area contributed by atoms with E-state index in [1.165, 1.54) is 18.2 Å². The summed E-state index contributed by atoms with van der Waals surface area (Å²) in [5.74, 6) is 0.694. The molecule has 5 nitrogen and oxygen atoms in total. The van der Waals surface area contributed by atoms with E-state index in [-0.39, 0.29) is 5.75 Å². The lowest BCUT2D eigenvalue weighted by atomic mass is 9.95. The number of halogens is 3. The van der Waals surface area contributed by atoms with E-state index in [1.807, 2.05) is 13.0 Å². The van der Waals surface area contributed by atoms with Gasteiger partial charge in [0.25, 0.3) is 0 Å². The molecule has 140 valence electrons. The van der Waals surface area contributed by atoms with Crippen LogP contribution >= 0.6 is 0 Å². The van der Waals surface area contributed by atoms with E-state index in [0.717, 1.165) is 24.0 Å². The van der Waals surface area contributed by atoms with Crippen LogP contribution in [0.4, 0.5) is 13.2 Å². The molecule has 0 N–H and O–H groups in total. The minimum absolute atomic E-state index is 0.249. The summed E-state index contributed by atoms with van der Waals surface area (Å²) in [5.41, 5.74) is 2.23. The third kappa shape index (κ3) is 3.65. The van der Waals surface area contributed by atoms with Crippen molar-refractivity contribution in [2.24, 2.45) is 0 Å². The van der Waals surface area contributed by atoms with Crippen LogP contribution in [0.3, 0.4) is 0 Å². The maximum absolute atomic E-state index is 12.5. The summed E-state index contributed by atoms with van der Waals surface area (Å²) in [6.07, 6.45) is 0.689. The molecule has 0 bridgehead atoms. The fraction of sp³-hybridized carbons (Fsp3) is 0.316. The predicted molar refractivity (Wildman–Crippen MR) is 89.2 cm³/mol. The first kappa shape index (κ1) is 17.5. The van der Waals surface area contributed by atoms with E-state index in [0.29, 0.717) is 23.7 Å². The lowest BCUT2D eigenvalue weighted by Gasteiger charge is -2.14. The van der Waals surface area contributed by atoms with Crippen molar-refractivity contribution in [1.29, 1.82) is 0 Å². The van der Waals surface area contributed by atoms with Gasteiger partial charge in [-0.2, -0.15) is 4.98 Å². The normalized spacial score (nSPS) is 15.6. The van der Waals surface area contributed by atoms with E-state index in [2.05, 4.69) is 19.9 Å². The number of aryl methyl sites for hydroxylation is 1. The summed E-state index contributed by atoms with van der Waals surface area (Å²) < 4.78 is 46.9. The molecule has 3 aromatic rings. The van der Waals surface area contributed by atoms with Crippen LogP contribution in [0.15, 0.2) is 47.2 Å². The summed E-state index contributed by atoms with van der Waals surface area (Å²) in [4.78, 5) is 8.59. The molecule has 2 aromatic heterocycles. The Labute approximate surface area is 153 Å². The van der Waals surface area contributed by atoms with Crippen molar-refractivity contribution >= 4 is 0 Å². The number of alkyl halides is 3. The average molecular weight is 375 g/mol. The molecule has 1 aliphatic rings.